The Balaban J connectivity index is 1.81. The topological polar surface area (TPSA) is 12.5 Å². The maximum atomic E-state index is 5.98. The van der Waals surface area contributed by atoms with Gasteiger partial charge in [-0.3, -0.25) is 0 Å². The lowest BCUT2D eigenvalue weighted by molar-refractivity contribution is 0.293. The summed E-state index contributed by atoms with van der Waals surface area (Å²) in [5, 5.41) is 0. The van der Waals surface area contributed by atoms with Crippen molar-refractivity contribution < 1.29 is 4.74 Å². The number of unbranched alkanes of at least 4 members (excludes halogenated alkanes) is 2. The van der Waals surface area contributed by atoms with E-state index in [2.05, 4.69) is 61.5 Å². The Labute approximate surface area is 138 Å². The molecule has 118 valence electrons. The molecular weight excluding hydrogens is 290 g/mol. The molecule has 3 heteroatoms. The molecule has 0 N–H and O–H groups in total. The number of hydrogen-bond donors (Lipinski definition) is 0. The minimum Gasteiger partial charge on any atom is -0.492 e. The monoisotopic (exact) mass is 315 g/mol. The third kappa shape index (κ3) is 6.12. The molecule has 22 heavy (non-hydrogen) atoms. The normalized spacial score (nSPS) is 10.9. The molecule has 0 spiro atoms. The van der Waals surface area contributed by atoms with Crippen LogP contribution < -0.4 is 4.74 Å². The second-order valence-electron chi connectivity index (χ2n) is 5.57. The van der Waals surface area contributed by atoms with E-state index >= 15 is 0 Å². The molecule has 0 aliphatic carbocycles. The zero-order valence-corrected chi connectivity index (χ0v) is 14.3. The molecule has 0 saturated carbocycles. The SMILES string of the molecule is CN(C)CCCCCOc1ccccc1Sc1ccccc1. The molecular formula is C19H25NOS. The first-order chi connectivity index (χ1) is 10.8. The van der Waals surface area contributed by atoms with Crippen molar-refractivity contribution in [2.45, 2.75) is 29.1 Å². The van der Waals surface area contributed by atoms with E-state index in [1.807, 2.05) is 12.1 Å². The molecule has 0 atom stereocenters. The lowest BCUT2D eigenvalue weighted by Crippen LogP contribution is -2.13. The van der Waals surface area contributed by atoms with E-state index in [1.165, 1.54) is 22.6 Å². The zero-order valence-electron chi connectivity index (χ0n) is 13.5. The summed E-state index contributed by atoms with van der Waals surface area (Å²) in [6.07, 6.45) is 3.56. The Morgan fingerprint density at radius 3 is 2.36 bits per heavy atom. The van der Waals surface area contributed by atoms with Crippen molar-refractivity contribution in [3.05, 3.63) is 54.6 Å². The number of nitrogens with zero attached hydrogens (tertiary/aromatic N) is 1. The van der Waals surface area contributed by atoms with Crippen molar-refractivity contribution in [3.63, 3.8) is 0 Å². The lowest BCUT2D eigenvalue weighted by atomic mass is 10.2. The lowest BCUT2D eigenvalue weighted by Gasteiger charge is -2.12. The summed E-state index contributed by atoms with van der Waals surface area (Å²) in [7, 11) is 4.24. The smallest absolute Gasteiger partial charge is 0.133 e. The highest BCUT2D eigenvalue weighted by molar-refractivity contribution is 7.99. The standard InChI is InChI=1S/C19H25NOS/c1-20(2)15-9-4-10-16-21-18-13-7-8-14-19(18)22-17-11-5-3-6-12-17/h3,5-8,11-14H,4,9-10,15-16H2,1-2H3. The molecule has 2 nitrogen and oxygen atoms in total. The predicted octanol–water partition coefficient (Wildman–Crippen LogP) is 4.95. The minimum atomic E-state index is 0.791. The molecule has 0 unspecified atom stereocenters. The van der Waals surface area contributed by atoms with E-state index in [9.17, 15) is 0 Å². The Morgan fingerprint density at radius 1 is 0.864 bits per heavy atom. The van der Waals surface area contributed by atoms with Gasteiger partial charge in [0.25, 0.3) is 0 Å². The van der Waals surface area contributed by atoms with Crippen molar-refractivity contribution in [1.82, 2.24) is 4.90 Å². The van der Waals surface area contributed by atoms with E-state index in [0.717, 1.165) is 25.3 Å². The van der Waals surface area contributed by atoms with Crippen LogP contribution in [0.1, 0.15) is 19.3 Å². The maximum absolute atomic E-state index is 5.98. The summed E-state index contributed by atoms with van der Waals surface area (Å²) in [6.45, 7) is 1.94. The predicted molar refractivity (Wildman–Crippen MR) is 94.9 cm³/mol. The van der Waals surface area contributed by atoms with E-state index in [1.54, 1.807) is 11.8 Å². The van der Waals surface area contributed by atoms with Crippen molar-refractivity contribution in [3.8, 4) is 5.75 Å². The van der Waals surface area contributed by atoms with Gasteiger partial charge in [-0.25, -0.2) is 0 Å². The van der Waals surface area contributed by atoms with Crippen molar-refractivity contribution in [1.29, 1.82) is 0 Å². The minimum absolute atomic E-state index is 0.791. The molecule has 0 aliphatic heterocycles. The van der Waals surface area contributed by atoms with Crippen LogP contribution in [0.15, 0.2) is 64.4 Å². The maximum Gasteiger partial charge on any atom is 0.133 e. The molecule has 0 heterocycles. The van der Waals surface area contributed by atoms with E-state index in [0.29, 0.717) is 0 Å². The van der Waals surface area contributed by atoms with Gasteiger partial charge in [-0.15, -0.1) is 0 Å². The molecule has 2 aromatic carbocycles. The van der Waals surface area contributed by atoms with Gasteiger partial charge in [-0.2, -0.15) is 0 Å². The molecule has 0 aliphatic rings. The number of para-hydroxylation sites is 1. The van der Waals surface area contributed by atoms with Gasteiger partial charge in [-0.05, 0) is 64.2 Å². The van der Waals surface area contributed by atoms with Crippen LogP contribution in [0.5, 0.6) is 5.75 Å². The van der Waals surface area contributed by atoms with Crippen LogP contribution in [0.2, 0.25) is 0 Å². The fourth-order valence-electron chi connectivity index (χ4n) is 2.16. The first-order valence-corrected chi connectivity index (χ1v) is 8.67. The van der Waals surface area contributed by atoms with Gasteiger partial charge in [0.1, 0.15) is 5.75 Å². The van der Waals surface area contributed by atoms with Crippen LogP contribution in [0.3, 0.4) is 0 Å². The molecule has 0 radical (unpaired) electrons. The van der Waals surface area contributed by atoms with Gasteiger partial charge in [0.15, 0.2) is 0 Å². The van der Waals surface area contributed by atoms with Crippen molar-refractivity contribution in [2.75, 3.05) is 27.2 Å². The van der Waals surface area contributed by atoms with E-state index in [-0.39, 0.29) is 0 Å². The second kappa shape index (κ2) is 9.54. The summed E-state index contributed by atoms with van der Waals surface area (Å²) < 4.78 is 5.98. The van der Waals surface area contributed by atoms with Crippen LogP contribution in [-0.4, -0.2) is 32.1 Å². The quantitative estimate of drug-likeness (QED) is 0.608. The third-order valence-electron chi connectivity index (χ3n) is 3.33. The summed E-state index contributed by atoms with van der Waals surface area (Å²) >= 11 is 1.75. The number of benzene rings is 2. The molecule has 0 amide bonds. The average Bonchev–Trinajstić information content (AvgIpc) is 2.53. The molecule has 0 saturated heterocycles. The summed E-state index contributed by atoms with van der Waals surface area (Å²) in [6, 6.07) is 18.7. The summed E-state index contributed by atoms with van der Waals surface area (Å²) in [4.78, 5) is 4.65. The Kier molecular flexibility index (Phi) is 7.34. The largest absolute Gasteiger partial charge is 0.492 e. The molecule has 0 bridgehead atoms. The Morgan fingerprint density at radius 2 is 1.59 bits per heavy atom. The average molecular weight is 315 g/mol. The first-order valence-electron chi connectivity index (χ1n) is 7.85. The Bertz CT molecular complexity index is 542. The summed E-state index contributed by atoms with van der Waals surface area (Å²) in [5.74, 6) is 0.990. The highest BCUT2D eigenvalue weighted by Crippen LogP contribution is 2.34. The van der Waals surface area contributed by atoms with Crippen LogP contribution in [-0.2, 0) is 0 Å². The molecule has 0 aromatic heterocycles. The molecule has 2 rings (SSSR count). The number of rotatable bonds is 9. The van der Waals surface area contributed by atoms with E-state index < -0.39 is 0 Å². The van der Waals surface area contributed by atoms with Crippen LogP contribution >= 0.6 is 11.8 Å². The first kappa shape index (κ1) is 16.9. The Hall–Kier alpha value is -1.45. The van der Waals surface area contributed by atoms with Gasteiger partial charge in [0, 0.05) is 4.90 Å². The zero-order chi connectivity index (χ0) is 15.6. The highest BCUT2D eigenvalue weighted by atomic mass is 32.2. The van der Waals surface area contributed by atoms with Crippen molar-refractivity contribution in [2.24, 2.45) is 0 Å². The molecule has 2 aromatic rings. The van der Waals surface area contributed by atoms with Crippen LogP contribution in [0.4, 0.5) is 0 Å². The van der Waals surface area contributed by atoms with Gasteiger partial charge in [0.2, 0.25) is 0 Å². The second-order valence-corrected chi connectivity index (χ2v) is 6.69. The third-order valence-corrected chi connectivity index (χ3v) is 4.39. The van der Waals surface area contributed by atoms with Gasteiger partial charge < -0.3 is 9.64 Å². The van der Waals surface area contributed by atoms with Crippen LogP contribution in [0.25, 0.3) is 0 Å². The summed E-state index contributed by atoms with van der Waals surface area (Å²) in [5.41, 5.74) is 0. The highest BCUT2D eigenvalue weighted by Gasteiger charge is 2.04. The number of hydrogen-bond acceptors (Lipinski definition) is 3. The van der Waals surface area contributed by atoms with Crippen molar-refractivity contribution >= 4 is 11.8 Å². The van der Waals surface area contributed by atoms with Gasteiger partial charge in [-0.1, -0.05) is 42.1 Å². The van der Waals surface area contributed by atoms with Crippen LogP contribution in [0, 0.1) is 0 Å². The fraction of sp³-hybridized carbons (Fsp3) is 0.368. The van der Waals surface area contributed by atoms with Gasteiger partial charge in [0.05, 0.1) is 11.5 Å². The number of ether oxygens (including phenoxy) is 1. The molecule has 0 fully saturated rings. The van der Waals surface area contributed by atoms with Gasteiger partial charge >= 0.3 is 0 Å². The fourth-order valence-corrected chi connectivity index (χ4v) is 3.08. The van der Waals surface area contributed by atoms with E-state index in [4.69, 9.17) is 4.74 Å².